The summed E-state index contributed by atoms with van der Waals surface area (Å²) in [5.74, 6) is 0.862. The number of rotatable bonds is 3. The van der Waals surface area contributed by atoms with E-state index in [1.54, 1.807) is 36.4 Å². The summed E-state index contributed by atoms with van der Waals surface area (Å²) < 4.78 is 18.1. The smallest absolute Gasteiger partial charge is 0.150 e. The van der Waals surface area contributed by atoms with Crippen molar-refractivity contribution in [1.29, 1.82) is 0 Å². The van der Waals surface area contributed by atoms with Gasteiger partial charge in [0, 0.05) is 5.56 Å². The minimum absolute atomic E-state index is 0.302. The van der Waals surface area contributed by atoms with Gasteiger partial charge in [-0.15, -0.1) is 0 Å². The molecule has 0 saturated heterocycles. The lowest BCUT2D eigenvalue weighted by molar-refractivity contribution is 0.112. The fourth-order valence-corrected chi connectivity index (χ4v) is 1.25. The lowest BCUT2D eigenvalue weighted by atomic mass is 10.2. The van der Waals surface area contributed by atoms with Gasteiger partial charge in [-0.25, -0.2) is 4.39 Å². The molecule has 0 aliphatic heterocycles. The SMILES string of the molecule is O=Cc1ccc(Oc2ccc(F)cc2)cc1. The molecule has 80 valence electrons. The van der Waals surface area contributed by atoms with Crippen LogP contribution in [0.5, 0.6) is 11.5 Å². The standard InChI is InChI=1S/C13H9FO2/c14-11-3-7-13(8-4-11)16-12-5-1-10(9-15)2-6-12/h1-9H. The Morgan fingerprint density at radius 2 is 1.38 bits per heavy atom. The summed E-state index contributed by atoms with van der Waals surface area (Å²) in [6.07, 6.45) is 0.766. The van der Waals surface area contributed by atoms with Crippen molar-refractivity contribution in [3.8, 4) is 11.5 Å². The lowest BCUT2D eigenvalue weighted by Gasteiger charge is -2.05. The van der Waals surface area contributed by atoms with Crippen LogP contribution in [-0.2, 0) is 0 Å². The van der Waals surface area contributed by atoms with Crippen LogP contribution in [0.3, 0.4) is 0 Å². The number of carbonyl (C=O) groups excluding carboxylic acids is 1. The molecular weight excluding hydrogens is 207 g/mol. The van der Waals surface area contributed by atoms with Crippen LogP contribution in [0.15, 0.2) is 48.5 Å². The normalized spacial score (nSPS) is 9.81. The fourth-order valence-electron chi connectivity index (χ4n) is 1.25. The Morgan fingerprint density at radius 1 is 0.875 bits per heavy atom. The number of aldehydes is 1. The summed E-state index contributed by atoms with van der Waals surface area (Å²) >= 11 is 0. The van der Waals surface area contributed by atoms with E-state index in [1.807, 2.05) is 0 Å². The molecule has 0 radical (unpaired) electrons. The summed E-state index contributed by atoms with van der Waals surface area (Å²) in [7, 11) is 0. The summed E-state index contributed by atoms with van der Waals surface area (Å²) in [6, 6.07) is 12.4. The molecule has 0 atom stereocenters. The van der Waals surface area contributed by atoms with Crippen LogP contribution < -0.4 is 4.74 Å². The minimum atomic E-state index is -0.302. The Morgan fingerprint density at radius 3 is 1.88 bits per heavy atom. The molecule has 0 N–H and O–H groups in total. The van der Waals surface area contributed by atoms with E-state index in [-0.39, 0.29) is 5.82 Å². The highest BCUT2D eigenvalue weighted by atomic mass is 19.1. The van der Waals surface area contributed by atoms with Crippen molar-refractivity contribution in [3.63, 3.8) is 0 Å². The predicted octanol–water partition coefficient (Wildman–Crippen LogP) is 3.43. The molecule has 2 nitrogen and oxygen atoms in total. The molecule has 16 heavy (non-hydrogen) atoms. The number of hydrogen-bond acceptors (Lipinski definition) is 2. The first kappa shape index (κ1) is 10.4. The Kier molecular flexibility index (Phi) is 2.96. The van der Waals surface area contributed by atoms with E-state index in [0.29, 0.717) is 17.1 Å². The third kappa shape index (κ3) is 2.45. The number of ether oxygens (including phenoxy) is 1. The Bertz CT molecular complexity index is 474. The number of halogens is 1. The molecule has 0 amide bonds. The van der Waals surface area contributed by atoms with Gasteiger partial charge in [0.1, 0.15) is 23.6 Å². The minimum Gasteiger partial charge on any atom is -0.457 e. The van der Waals surface area contributed by atoms with Gasteiger partial charge in [-0.2, -0.15) is 0 Å². The van der Waals surface area contributed by atoms with E-state index in [2.05, 4.69) is 0 Å². The molecular formula is C13H9FO2. The van der Waals surface area contributed by atoms with Gasteiger partial charge in [0.2, 0.25) is 0 Å². The highest BCUT2D eigenvalue weighted by Crippen LogP contribution is 2.21. The van der Waals surface area contributed by atoms with Gasteiger partial charge in [-0.3, -0.25) is 4.79 Å². The largest absolute Gasteiger partial charge is 0.457 e. The second-order valence-corrected chi connectivity index (χ2v) is 3.24. The van der Waals surface area contributed by atoms with Crippen molar-refractivity contribution in [1.82, 2.24) is 0 Å². The van der Waals surface area contributed by atoms with E-state index in [9.17, 15) is 9.18 Å². The van der Waals surface area contributed by atoms with Gasteiger partial charge < -0.3 is 4.74 Å². The summed E-state index contributed by atoms with van der Waals surface area (Å²) in [5, 5.41) is 0. The molecule has 0 fully saturated rings. The van der Waals surface area contributed by atoms with E-state index in [1.165, 1.54) is 12.1 Å². The van der Waals surface area contributed by atoms with E-state index < -0.39 is 0 Å². The maximum Gasteiger partial charge on any atom is 0.150 e. The van der Waals surface area contributed by atoms with Gasteiger partial charge in [0.25, 0.3) is 0 Å². The summed E-state index contributed by atoms with van der Waals surface area (Å²) in [5.41, 5.74) is 0.589. The zero-order valence-electron chi connectivity index (χ0n) is 8.39. The van der Waals surface area contributed by atoms with Gasteiger partial charge in [0.05, 0.1) is 0 Å². The molecule has 0 saturated carbocycles. The average molecular weight is 216 g/mol. The van der Waals surface area contributed by atoms with Crippen molar-refractivity contribution < 1.29 is 13.9 Å². The zero-order valence-corrected chi connectivity index (χ0v) is 8.39. The van der Waals surface area contributed by atoms with Crippen LogP contribution >= 0.6 is 0 Å². The molecule has 0 spiro atoms. The maximum atomic E-state index is 12.6. The van der Waals surface area contributed by atoms with Crippen LogP contribution in [0, 0.1) is 5.82 Å². The number of benzene rings is 2. The van der Waals surface area contributed by atoms with Crippen LogP contribution in [0.4, 0.5) is 4.39 Å². The lowest BCUT2D eigenvalue weighted by Crippen LogP contribution is -1.85. The van der Waals surface area contributed by atoms with Crippen molar-refractivity contribution >= 4 is 6.29 Å². The first-order valence-corrected chi connectivity index (χ1v) is 4.76. The molecule has 0 aliphatic carbocycles. The number of hydrogen-bond donors (Lipinski definition) is 0. The molecule has 0 aliphatic rings. The predicted molar refractivity (Wildman–Crippen MR) is 58.3 cm³/mol. The van der Waals surface area contributed by atoms with Gasteiger partial charge in [-0.05, 0) is 48.5 Å². The maximum absolute atomic E-state index is 12.6. The molecule has 0 heterocycles. The van der Waals surface area contributed by atoms with E-state index in [4.69, 9.17) is 4.74 Å². The molecule has 0 unspecified atom stereocenters. The molecule has 2 aromatic carbocycles. The zero-order chi connectivity index (χ0) is 11.4. The molecule has 0 bridgehead atoms. The van der Waals surface area contributed by atoms with Gasteiger partial charge in [-0.1, -0.05) is 0 Å². The molecule has 2 rings (SSSR count). The van der Waals surface area contributed by atoms with E-state index >= 15 is 0 Å². The highest BCUT2D eigenvalue weighted by molar-refractivity contribution is 5.74. The first-order chi connectivity index (χ1) is 7.78. The van der Waals surface area contributed by atoms with Crippen LogP contribution in [0.25, 0.3) is 0 Å². The monoisotopic (exact) mass is 216 g/mol. The fraction of sp³-hybridized carbons (Fsp3) is 0. The average Bonchev–Trinajstić information content (AvgIpc) is 2.33. The third-order valence-corrected chi connectivity index (χ3v) is 2.07. The van der Waals surface area contributed by atoms with E-state index in [0.717, 1.165) is 6.29 Å². The second-order valence-electron chi connectivity index (χ2n) is 3.24. The second kappa shape index (κ2) is 4.57. The molecule has 2 aromatic rings. The van der Waals surface area contributed by atoms with Gasteiger partial charge in [0.15, 0.2) is 0 Å². The van der Waals surface area contributed by atoms with Gasteiger partial charge >= 0.3 is 0 Å². The van der Waals surface area contributed by atoms with Crippen LogP contribution in [-0.4, -0.2) is 6.29 Å². The Labute approximate surface area is 92.3 Å². The van der Waals surface area contributed by atoms with Crippen molar-refractivity contribution in [3.05, 3.63) is 59.9 Å². The van der Waals surface area contributed by atoms with Crippen molar-refractivity contribution in [2.24, 2.45) is 0 Å². The van der Waals surface area contributed by atoms with Crippen LogP contribution in [0.1, 0.15) is 10.4 Å². The summed E-state index contributed by atoms with van der Waals surface area (Å²) in [4.78, 5) is 10.4. The molecule has 0 aromatic heterocycles. The topological polar surface area (TPSA) is 26.3 Å². The first-order valence-electron chi connectivity index (χ1n) is 4.76. The van der Waals surface area contributed by atoms with Crippen LogP contribution in [0.2, 0.25) is 0 Å². The Balaban J connectivity index is 2.14. The number of carbonyl (C=O) groups is 1. The quantitative estimate of drug-likeness (QED) is 0.734. The summed E-state index contributed by atoms with van der Waals surface area (Å²) in [6.45, 7) is 0. The highest BCUT2D eigenvalue weighted by Gasteiger charge is 1.97. The van der Waals surface area contributed by atoms with Crippen molar-refractivity contribution in [2.75, 3.05) is 0 Å². The van der Waals surface area contributed by atoms with Crippen molar-refractivity contribution in [2.45, 2.75) is 0 Å². The Hall–Kier alpha value is -2.16. The molecule has 3 heteroatoms. The third-order valence-electron chi connectivity index (χ3n) is 2.07.